The first-order valence-electron chi connectivity index (χ1n) is 5.29. The first kappa shape index (κ1) is 11.5. The van der Waals surface area contributed by atoms with E-state index in [1.54, 1.807) is 0 Å². The Morgan fingerprint density at radius 1 is 1.50 bits per heavy atom. The summed E-state index contributed by atoms with van der Waals surface area (Å²) in [5, 5.41) is 6.14. The minimum absolute atomic E-state index is 0.0778. The lowest BCUT2D eigenvalue weighted by molar-refractivity contribution is -0.124. The summed E-state index contributed by atoms with van der Waals surface area (Å²) in [4.78, 5) is 11.5. The van der Waals surface area contributed by atoms with Crippen molar-refractivity contribution in [1.82, 2.24) is 10.6 Å². The van der Waals surface area contributed by atoms with E-state index >= 15 is 0 Å². The summed E-state index contributed by atoms with van der Waals surface area (Å²) >= 11 is 0. The van der Waals surface area contributed by atoms with Gasteiger partial charge in [0.05, 0.1) is 12.5 Å². The summed E-state index contributed by atoms with van der Waals surface area (Å²) in [6.45, 7) is 7.02. The van der Waals surface area contributed by atoms with Crippen molar-refractivity contribution in [2.24, 2.45) is 5.92 Å². The van der Waals surface area contributed by atoms with Crippen LogP contribution < -0.4 is 10.6 Å². The molecule has 0 radical (unpaired) electrons. The highest BCUT2D eigenvalue weighted by atomic mass is 16.5. The van der Waals surface area contributed by atoms with Crippen molar-refractivity contribution in [3.8, 4) is 0 Å². The van der Waals surface area contributed by atoms with Gasteiger partial charge in [0.25, 0.3) is 0 Å². The van der Waals surface area contributed by atoms with Gasteiger partial charge in [0, 0.05) is 25.7 Å². The Bertz CT molecular complexity index is 177. The van der Waals surface area contributed by atoms with Crippen molar-refractivity contribution in [3.63, 3.8) is 0 Å². The second-order valence-electron chi connectivity index (χ2n) is 3.96. The summed E-state index contributed by atoms with van der Waals surface area (Å²) in [5.74, 6) is 0.210. The largest absolute Gasteiger partial charge is 0.381 e. The summed E-state index contributed by atoms with van der Waals surface area (Å²) in [6, 6.07) is 0.474. The highest BCUT2D eigenvalue weighted by molar-refractivity contribution is 5.78. The monoisotopic (exact) mass is 200 g/mol. The molecule has 0 aromatic rings. The smallest absolute Gasteiger partial charge is 0.225 e. The molecule has 0 aromatic heterocycles. The Morgan fingerprint density at radius 2 is 2.29 bits per heavy atom. The second-order valence-corrected chi connectivity index (χ2v) is 3.96. The van der Waals surface area contributed by atoms with E-state index in [1.807, 2.05) is 0 Å². The number of hydrogen-bond acceptors (Lipinski definition) is 3. The third-order valence-corrected chi connectivity index (χ3v) is 2.28. The quantitative estimate of drug-likeness (QED) is 0.621. The molecule has 1 saturated heterocycles. The average molecular weight is 200 g/mol. The summed E-state index contributed by atoms with van der Waals surface area (Å²) in [5.41, 5.74) is 0. The van der Waals surface area contributed by atoms with Gasteiger partial charge in [-0.1, -0.05) is 13.8 Å². The molecule has 1 aliphatic rings. The van der Waals surface area contributed by atoms with Crippen LogP contribution in [0, 0.1) is 5.92 Å². The van der Waals surface area contributed by atoms with E-state index in [0.29, 0.717) is 19.2 Å². The van der Waals surface area contributed by atoms with Crippen molar-refractivity contribution in [2.45, 2.75) is 26.3 Å². The fourth-order valence-electron chi connectivity index (χ4n) is 1.43. The first-order valence-corrected chi connectivity index (χ1v) is 5.29. The molecule has 1 aliphatic heterocycles. The zero-order chi connectivity index (χ0) is 10.4. The third kappa shape index (κ3) is 4.07. The Hall–Kier alpha value is -0.610. The number of carbonyl (C=O) groups excluding carboxylic acids is 1. The van der Waals surface area contributed by atoms with Crippen LogP contribution in [0.3, 0.4) is 0 Å². The van der Waals surface area contributed by atoms with Crippen molar-refractivity contribution in [2.75, 3.05) is 26.3 Å². The fraction of sp³-hybridized carbons (Fsp3) is 0.900. The van der Waals surface area contributed by atoms with Gasteiger partial charge in [0.1, 0.15) is 0 Å². The van der Waals surface area contributed by atoms with E-state index < -0.39 is 0 Å². The maximum Gasteiger partial charge on any atom is 0.225 e. The van der Waals surface area contributed by atoms with E-state index in [9.17, 15) is 4.79 Å². The van der Waals surface area contributed by atoms with Crippen LogP contribution in [0.25, 0.3) is 0 Å². The van der Waals surface area contributed by atoms with Crippen LogP contribution in [0.5, 0.6) is 0 Å². The van der Waals surface area contributed by atoms with Crippen molar-refractivity contribution >= 4 is 5.91 Å². The second kappa shape index (κ2) is 5.98. The molecule has 2 N–H and O–H groups in total. The van der Waals surface area contributed by atoms with Crippen LogP contribution in [0.15, 0.2) is 0 Å². The van der Waals surface area contributed by atoms with Gasteiger partial charge in [-0.25, -0.2) is 0 Å². The molecule has 1 fully saturated rings. The number of ether oxygens (including phenoxy) is 1. The highest BCUT2D eigenvalue weighted by Gasteiger charge is 2.22. The predicted molar refractivity (Wildman–Crippen MR) is 55.1 cm³/mol. The van der Waals surface area contributed by atoms with E-state index in [1.165, 1.54) is 0 Å². The molecule has 0 spiro atoms. The normalized spacial score (nSPS) is 21.5. The molecule has 0 aromatic carbocycles. The lowest BCUT2D eigenvalue weighted by Crippen LogP contribution is -2.37. The third-order valence-electron chi connectivity index (χ3n) is 2.28. The SMILES string of the molecule is CC(C)NCCNC(=O)C1CCOC1. The average Bonchev–Trinajstić information content (AvgIpc) is 2.64. The highest BCUT2D eigenvalue weighted by Crippen LogP contribution is 2.11. The van der Waals surface area contributed by atoms with Crippen LogP contribution in [0.2, 0.25) is 0 Å². The van der Waals surface area contributed by atoms with Crippen LogP contribution >= 0.6 is 0 Å². The topological polar surface area (TPSA) is 50.4 Å². The minimum atomic E-state index is 0.0778. The van der Waals surface area contributed by atoms with Crippen molar-refractivity contribution in [3.05, 3.63) is 0 Å². The zero-order valence-electron chi connectivity index (χ0n) is 9.01. The van der Waals surface area contributed by atoms with Gasteiger partial charge in [-0.05, 0) is 6.42 Å². The predicted octanol–water partition coefficient (Wildman–Crippen LogP) is 0.137. The van der Waals surface area contributed by atoms with Gasteiger partial charge in [-0.2, -0.15) is 0 Å². The molecule has 1 heterocycles. The Kier molecular flexibility index (Phi) is 4.90. The maximum atomic E-state index is 11.5. The lowest BCUT2D eigenvalue weighted by atomic mass is 10.1. The van der Waals surface area contributed by atoms with E-state index in [-0.39, 0.29) is 11.8 Å². The number of nitrogens with one attached hydrogen (secondary N) is 2. The molecular formula is C10H20N2O2. The molecule has 1 atom stereocenters. The number of rotatable bonds is 5. The van der Waals surface area contributed by atoms with Gasteiger partial charge in [-0.15, -0.1) is 0 Å². The van der Waals surface area contributed by atoms with Gasteiger partial charge < -0.3 is 15.4 Å². The van der Waals surface area contributed by atoms with E-state index in [0.717, 1.165) is 19.6 Å². The standard InChI is InChI=1S/C10H20N2O2/c1-8(2)11-4-5-12-10(13)9-3-6-14-7-9/h8-9,11H,3-7H2,1-2H3,(H,12,13). The minimum Gasteiger partial charge on any atom is -0.381 e. The summed E-state index contributed by atoms with van der Waals surface area (Å²) in [7, 11) is 0. The molecule has 0 aliphatic carbocycles. The lowest BCUT2D eigenvalue weighted by Gasteiger charge is -2.11. The van der Waals surface area contributed by atoms with Gasteiger partial charge in [0.2, 0.25) is 5.91 Å². The van der Waals surface area contributed by atoms with Crippen molar-refractivity contribution in [1.29, 1.82) is 0 Å². The number of carbonyl (C=O) groups is 1. The van der Waals surface area contributed by atoms with Crippen molar-refractivity contribution < 1.29 is 9.53 Å². The van der Waals surface area contributed by atoms with Crippen LogP contribution in [-0.4, -0.2) is 38.3 Å². The maximum absolute atomic E-state index is 11.5. The van der Waals surface area contributed by atoms with Crippen LogP contribution in [0.1, 0.15) is 20.3 Å². The van der Waals surface area contributed by atoms with Crippen LogP contribution in [0.4, 0.5) is 0 Å². The van der Waals surface area contributed by atoms with Gasteiger partial charge in [0.15, 0.2) is 0 Å². The van der Waals surface area contributed by atoms with Crippen LogP contribution in [-0.2, 0) is 9.53 Å². The molecule has 14 heavy (non-hydrogen) atoms. The molecule has 1 amide bonds. The Balaban J connectivity index is 2.03. The molecule has 1 rings (SSSR count). The Labute approximate surface area is 85.4 Å². The number of amides is 1. The molecular weight excluding hydrogens is 180 g/mol. The van der Waals surface area contributed by atoms with E-state index in [2.05, 4.69) is 24.5 Å². The molecule has 4 nitrogen and oxygen atoms in total. The molecule has 0 bridgehead atoms. The van der Waals surface area contributed by atoms with Gasteiger partial charge >= 0.3 is 0 Å². The molecule has 4 heteroatoms. The van der Waals surface area contributed by atoms with E-state index in [4.69, 9.17) is 4.74 Å². The first-order chi connectivity index (χ1) is 6.70. The summed E-state index contributed by atoms with van der Waals surface area (Å²) in [6.07, 6.45) is 0.865. The molecule has 1 unspecified atom stereocenters. The summed E-state index contributed by atoms with van der Waals surface area (Å²) < 4.78 is 5.15. The zero-order valence-corrected chi connectivity index (χ0v) is 9.01. The molecule has 0 saturated carbocycles. The number of hydrogen-bond donors (Lipinski definition) is 2. The fourth-order valence-corrected chi connectivity index (χ4v) is 1.43. The van der Waals surface area contributed by atoms with Gasteiger partial charge in [-0.3, -0.25) is 4.79 Å². The Morgan fingerprint density at radius 3 is 2.86 bits per heavy atom. The molecule has 82 valence electrons.